The molecule has 1 amide bonds. The first-order valence-electron chi connectivity index (χ1n) is 2.88. The second kappa shape index (κ2) is 4.99. The molecule has 0 atom stereocenters. The smallest absolute Gasteiger partial charge is 0.242 e. The van der Waals surface area contributed by atoms with Crippen molar-refractivity contribution in [1.29, 1.82) is 0 Å². The van der Waals surface area contributed by atoms with E-state index in [1.807, 2.05) is 22.9 Å². The lowest BCUT2D eigenvalue weighted by atomic mass is 10.5. The van der Waals surface area contributed by atoms with Crippen LogP contribution in [-0.4, -0.2) is 15.7 Å². The van der Waals surface area contributed by atoms with E-state index in [0.717, 1.165) is 13.0 Å². The number of hydrazine groups is 1. The molecular weight excluding hydrogens is 231 g/mol. The van der Waals surface area contributed by atoms with Crippen molar-refractivity contribution in [3.05, 3.63) is 0 Å². The summed E-state index contributed by atoms with van der Waals surface area (Å²) < 4.78 is 1.46. The molecule has 0 aromatic heterocycles. The summed E-state index contributed by atoms with van der Waals surface area (Å²) in [6, 6.07) is 0. The third-order valence-electron chi connectivity index (χ3n) is 0.777. The van der Waals surface area contributed by atoms with Crippen LogP contribution in [0, 0.1) is 0 Å². The van der Waals surface area contributed by atoms with Crippen LogP contribution in [0.15, 0.2) is 0 Å². The molecule has 0 aliphatic carbocycles. The Bertz CT molecular complexity index is 97.0. The second-order valence-corrected chi connectivity index (χ2v) is 2.67. The quantitative estimate of drug-likeness (QED) is 0.456. The molecule has 0 aliphatic heterocycles. The van der Waals surface area contributed by atoms with Gasteiger partial charge >= 0.3 is 0 Å². The molecule has 9 heavy (non-hydrogen) atoms. The van der Waals surface area contributed by atoms with E-state index in [-0.39, 0.29) is 5.91 Å². The van der Waals surface area contributed by atoms with E-state index in [2.05, 4.69) is 12.3 Å². The van der Waals surface area contributed by atoms with E-state index in [1.54, 1.807) is 0 Å². The number of carbonyl (C=O) groups excluding carboxylic acids is 1. The van der Waals surface area contributed by atoms with Crippen molar-refractivity contribution in [2.45, 2.75) is 20.3 Å². The molecule has 0 spiro atoms. The highest BCUT2D eigenvalue weighted by molar-refractivity contribution is 14.1. The molecule has 0 heterocycles. The minimum absolute atomic E-state index is 0.0315. The average Bonchev–Trinajstić information content (AvgIpc) is 1.82. The molecule has 54 valence electrons. The second-order valence-electron chi connectivity index (χ2n) is 1.71. The van der Waals surface area contributed by atoms with Gasteiger partial charge in [0.25, 0.3) is 0 Å². The normalized spacial score (nSPS) is 9.22. The van der Waals surface area contributed by atoms with Crippen molar-refractivity contribution < 1.29 is 4.79 Å². The van der Waals surface area contributed by atoms with Gasteiger partial charge in [0.05, 0.1) is 22.9 Å². The van der Waals surface area contributed by atoms with Gasteiger partial charge in [0, 0.05) is 13.5 Å². The summed E-state index contributed by atoms with van der Waals surface area (Å²) in [5.41, 5.74) is 2.90. The number of hydrogen-bond donors (Lipinski definition) is 1. The van der Waals surface area contributed by atoms with Gasteiger partial charge in [-0.05, 0) is 6.42 Å². The highest BCUT2D eigenvalue weighted by atomic mass is 127. The Morgan fingerprint density at radius 2 is 2.33 bits per heavy atom. The Kier molecular flexibility index (Phi) is 5.07. The Morgan fingerprint density at radius 1 is 1.78 bits per heavy atom. The van der Waals surface area contributed by atoms with Crippen LogP contribution in [0.25, 0.3) is 0 Å². The minimum Gasteiger partial charge on any atom is -0.273 e. The van der Waals surface area contributed by atoms with Crippen molar-refractivity contribution in [3.8, 4) is 0 Å². The van der Waals surface area contributed by atoms with Crippen LogP contribution in [0.3, 0.4) is 0 Å². The van der Waals surface area contributed by atoms with Crippen molar-refractivity contribution in [2.24, 2.45) is 0 Å². The molecule has 0 aromatic rings. The van der Waals surface area contributed by atoms with E-state index in [1.165, 1.54) is 10.1 Å². The predicted molar refractivity (Wildman–Crippen MR) is 44.8 cm³/mol. The maximum Gasteiger partial charge on any atom is 0.242 e. The number of carbonyl (C=O) groups is 1. The van der Waals surface area contributed by atoms with Crippen LogP contribution in [0.1, 0.15) is 20.3 Å². The summed E-state index contributed by atoms with van der Waals surface area (Å²) in [7, 11) is 0. The van der Waals surface area contributed by atoms with Crippen molar-refractivity contribution in [2.75, 3.05) is 6.54 Å². The molecule has 0 radical (unpaired) electrons. The van der Waals surface area contributed by atoms with E-state index in [9.17, 15) is 4.79 Å². The fraction of sp³-hybridized carbons (Fsp3) is 0.800. The molecule has 0 aromatic carbocycles. The number of hydrogen-bond acceptors (Lipinski definition) is 2. The fourth-order valence-corrected chi connectivity index (χ4v) is 0.563. The highest BCUT2D eigenvalue weighted by Gasteiger charge is 1.99. The third-order valence-corrected chi connectivity index (χ3v) is 1.80. The van der Waals surface area contributed by atoms with Crippen molar-refractivity contribution in [3.63, 3.8) is 0 Å². The summed E-state index contributed by atoms with van der Waals surface area (Å²) in [4.78, 5) is 10.5. The number of nitrogens with zero attached hydrogens (tertiary/aromatic N) is 1. The molecule has 0 saturated heterocycles. The minimum atomic E-state index is 0.0315. The zero-order chi connectivity index (χ0) is 7.28. The van der Waals surface area contributed by atoms with Gasteiger partial charge in [-0.15, -0.1) is 0 Å². The first-order chi connectivity index (χ1) is 4.18. The van der Waals surface area contributed by atoms with Gasteiger partial charge in [-0.2, -0.15) is 0 Å². The Hall–Kier alpha value is 0.160. The van der Waals surface area contributed by atoms with Crippen molar-refractivity contribution in [1.82, 2.24) is 8.65 Å². The lowest BCUT2D eigenvalue weighted by Gasteiger charge is -2.11. The summed E-state index contributed by atoms with van der Waals surface area (Å²) in [6.07, 6.45) is 1.03. The zero-order valence-corrected chi connectivity index (χ0v) is 7.81. The number of rotatable bonds is 3. The van der Waals surface area contributed by atoms with E-state index >= 15 is 0 Å². The van der Waals surface area contributed by atoms with Gasteiger partial charge < -0.3 is 0 Å². The lowest BCUT2D eigenvalue weighted by Crippen LogP contribution is -2.33. The summed E-state index contributed by atoms with van der Waals surface area (Å²) >= 11 is 1.93. The predicted octanol–water partition coefficient (Wildman–Crippen LogP) is 1.10. The zero-order valence-electron chi connectivity index (χ0n) is 5.65. The van der Waals surface area contributed by atoms with Gasteiger partial charge in [-0.25, -0.2) is 8.65 Å². The Morgan fingerprint density at radius 3 is 2.67 bits per heavy atom. The lowest BCUT2D eigenvalue weighted by molar-refractivity contribution is -0.124. The number of amides is 1. The van der Waals surface area contributed by atoms with Gasteiger partial charge in [0.2, 0.25) is 5.91 Å². The van der Waals surface area contributed by atoms with Gasteiger partial charge in [0.1, 0.15) is 0 Å². The first-order valence-corrected chi connectivity index (χ1v) is 3.85. The van der Waals surface area contributed by atoms with Crippen LogP contribution in [0.5, 0.6) is 0 Å². The summed E-state index contributed by atoms with van der Waals surface area (Å²) in [6.45, 7) is 4.43. The van der Waals surface area contributed by atoms with Gasteiger partial charge in [-0.1, -0.05) is 6.92 Å². The molecule has 0 saturated carbocycles. The molecule has 3 nitrogen and oxygen atoms in total. The van der Waals surface area contributed by atoms with Crippen LogP contribution >= 0.6 is 22.9 Å². The molecule has 4 heteroatoms. The standard InChI is InChI=1S/C5H11IN2O/c1-3-4-7-8(6)5(2)9/h7H,3-4H2,1-2H3. The van der Waals surface area contributed by atoms with Crippen molar-refractivity contribution >= 4 is 28.8 Å². The largest absolute Gasteiger partial charge is 0.273 e. The average molecular weight is 242 g/mol. The number of halogens is 1. The van der Waals surface area contributed by atoms with E-state index in [0.29, 0.717) is 0 Å². The van der Waals surface area contributed by atoms with Gasteiger partial charge in [-0.3, -0.25) is 4.79 Å². The van der Waals surface area contributed by atoms with Gasteiger partial charge in [0.15, 0.2) is 0 Å². The molecule has 0 bridgehead atoms. The fourth-order valence-electron chi connectivity index (χ4n) is 0.321. The topological polar surface area (TPSA) is 32.3 Å². The van der Waals surface area contributed by atoms with Crippen LogP contribution in [-0.2, 0) is 4.79 Å². The highest BCUT2D eigenvalue weighted by Crippen LogP contribution is 1.92. The molecule has 0 unspecified atom stereocenters. The SMILES string of the molecule is CCCNN(I)C(C)=O. The molecule has 0 aliphatic rings. The molecule has 0 fully saturated rings. The Balaban J connectivity index is 3.27. The van der Waals surface area contributed by atoms with Crippen LogP contribution < -0.4 is 5.43 Å². The van der Waals surface area contributed by atoms with E-state index in [4.69, 9.17) is 0 Å². The first kappa shape index (κ1) is 9.16. The Labute approximate surface area is 69.3 Å². The maximum atomic E-state index is 10.5. The third kappa shape index (κ3) is 4.65. The monoisotopic (exact) mass is 242 g/mol. The summed E-state index contributed by atoms with van der Waals surface area (Å²) in [5.74, 6) is 0.0315. The summed E-state index contributed by atoms with van der Waals surface area (Å²) in [5, 5.41) is 0. The van der Waals surface area contributed by atoms with Crippen LogP contribution in [0.2, 0.25) is 0 Å². The van der Waals surface area contributed by atoms with E-state index < -0.39 is 0 Å². The number of nitrogens with one attached hydrogen (secondary N) is 1. The molecule has 0 rings (SSSR count). The van der Waals surface area contributed by atoms with Crippen LogP contribution in [0.4, 0.5) is 0 Å². The molecule has 1 N–H and O–H groups in total. The maximum absolute atomic E-state index is 10.5. The molecular formula is C5H11IN2O.